The number of hydrogen-bond acceptors (Lipinski definition) is 10. The largest absolute Gasteiger partial charge is 0.493 e. The maximum Gasteiger partial charge on any atom is 0.414 e. The first-order valence-electron chi connectivity index (χ1n) is 13.4. The molecule has 3 aromatic carbocycles. The van der Waals surface area contributed by atoms with E-state index >= 15 is 0 Å². The van der Waals surface area contributed by atoms with E-state index in [1.54, 1.807) is 32.7 Å². The number of nitrogens with zero attached hydrogens (tertiary/aromatic N) is 1. The Balaban J connectivity index is 1.62. The number of carbonyl (C=O) groups is 1. The summed E-state index contributed by atoms with van der Waals surface area (Å²) in [5.74, 6) is 2.22. The summed E-state index contributed by atoms with van der Waals surface area (Å²) in [6, 6.07) is 17.5. The Kier molecular flexibility index (Phi) is 9.00. The van der Waals surface area contributed by atoms with Crippen LogP contribution < -0.4 is 23.8 Å². The Morgan fingerprint density at radius 3 is 2.23 bits per heavy atom. The van der Waals surface area contributed by atoms with E-state index in [0.29, 0.717) is 41.7 Å². The van der Waals surface area contributed by atoms with E-state index in [2.05, 4.69) is 6.07 Å². The summed E-state index contributed by atoms with van der Waals surface area (Å²) in [6.07, 6.45) is 0.434. The van der Waals surface area contributed by atoms with Gasteiger partial charge in [-0.15, -0.1) is 11.3 Å². The second kappa shape index (κ2) is 12.7. The Labute approximate surface area is 254 Å². The average Bonchev–Trinajstić information content (AvgIpc) is 3.42. The highest BCUT2D eigenvalue weighted by Crippen LogP contribution is 2.45. The highest BCUT2D eigenvalue weighted by Gasteiger charge is 2.34. The van der Waals surface area contributed by atoms with Crippen LogP contribution in [-0.4, -0.2) is 61.9 Å². The first-order valence-corrected chi connectivity index (χ1v) is 16.0. The molecular weight excluding hydrogens is 594 g/mol. The number of anilines is 1. The molecule has 0 aliphatic carbocycles. The molecule has 12 heteroatoms. The first-order chi connectivity index (χ1) is 20.6. The summed E-state index contributed by atoms with van der Waals surface area (Å²) in [5.41, 5.74) is 3.30. The zero-order valence-corrected chi connectivity index (χ0v) is 26.2. The van der Waals surface area contributed by atoms with Gasteiger partial charge in [-0.3, -0.25) is 9.08 Å². The van der Waals surface area contributed by atoms with Gasteiger partial charge in [-0.1, -0.05) is 30.3 Å². The van der Waals surface area contributed by atoms with Gasteiger partial charge in [0, 0.05) is 29.2 Å². The number of amides is 1. The van der Waals surface area contributed by atoms with Crippen LogP contribution in [0.1, 0.15) is 21.6 Å². The van der Waals surface area contributed by atoms with Crippen LogP contribution in [0.2, 0.25) is 0 Å². The smallest absolute Gasteiger partial charge is 0.414 e. The Hall–Kier alpha value is -4.00. The molecule has 4 aromatic rings. The zero-order chi connectivity index (χ0) is 30.7. The van der Waals surface area contributed by atoms with Crippen molar-refractivity contribution in [1.82, 2.24) is 0 Å². The monoisotopic (exact) mass is 627 g/mol. The van der Waals surface area contributed by atoms with Gasteiger partial charge in [0.15, 0.2) is 11.5 Å². The Morgan fingerprint density at radius 1 is 0.930 bits per heavy atom. The van der Waals surface area contributed by atoms with Crippen LogP contribution in [0.15, 0.2) is 54.6 Å². The molecule has 0 fully saturated rings. The van der Waals surface area contributed by atoms with Gasteiger partial charge in [0.2, 0.25) is 5.75 Å². The van der Waals surface area contributed by atoms with Gasteiger partial charge in [-0.2, -0.15) is 8.42 Å². The fourth-order valence-electron chi connectivity index (χ4n) is 5.28. The van der Waals surface area contributed by atoms with Gasteiger partial charge in [0.25, 0.3) is 10.1 Å². The molecule has 5 rings (SSSR count). The summed E-state index contributed by atoms with van der Waals surface area (Å²) in [4.78, 5) is 15.3. The number of ether oxygens (including phenoxy) is 5. The Bertz CT molecular complexity index is 1710. The summed E-state index contributed by atoms with van der Waals surface area (Å²) in [6.45, 7) is 0.339. The van der Waals surface area contributed by atoms with Crippen molar-refractivity contribution in [2.45, 2.75) is 25.6 Å². The number of fused-ring (bicyclic) bond motifs is 3. The zero-order valence-electron chi connectivity index (χ0n) is 24.5. The lowest BCUT2D eigenvalue weighted by atomic mass is 9.96. The fourth-order valence-corrected chi connectivity index (χ4v) is 7.09. The molecule has 0 saturated carbocycles. The lowest BCUT2D eigenvalue weighted by molar-refractivity contribution is 0.166. The predicted octanol–water partition coefficient (Wildman–Crippen LogP) is 5.57. The molecule has 228 valence electrons. The maximum absolute atomic E-state index is 12.9. The minimum absolute atomic E-state index is 0.0127. The molecule has 1 aliphatic rings. The molecule has 0 radical (unpaired) electrons. The second-order valence-electron chi connectivity index (χ2n) is 10.0. The predicted molar refractivity (Wildman–Crippen MR) is 165 cm³/mol. The third kappa shape index (κ3) is 6.66. The van der Waals surface area contributed by atoms with E-state index in [9.17, 15) is 13.2 Å². The molecule has 0 saturated heterocycles. The van der Waals surface area contributed by atoms with Gasteiger partial charge >= 0.3 is 6.09 Å². The first kappa shape index (κ1) is 30.5. The highest BCUT2D eigenvalue weighted by molar-refractivity contribution is 7.86. The molecule has 1 amide bonds. The topological polar surface area (TPSA) is 110 Å². The van der Waals surface area contributed by atoms with E-state index in [-0.39, 0.29) is 13.0 Å². The van der Waals surface area contributed by atoms with Gasteiger partial charge in [0.1, 0.15) is 12.4 Å². The van der Waals surface area contributed by atoms with Crippen LogP contribution >= 0.6 is 11.3 Å². The van der Waals surface area contributed by atoms with Crippen LogP contribution in [0.25, 0.3) is 10.1 Å². The maximum atomic E-state index is 12.9. The van der Waals surface area contributed by atoms with Crippen LogP contribution in [0.3, 0.4) is 0 Å². The minimum atomic E-state index is -3.77. The third-order valence-electron chi connectivity index (χ3n) is 7.06. The van der Waals surface area contributed by atoms with Gasteiger partial charge in [-0.25, -0.2) is 4.79 Å². The van der Waals surface area contributed by atoms with Crippen molar-refractivity contribution in [3.05, 3.63) is 76.2 Å². The van der Waals surface area contributed by atoms with Crippen molar-refractivity contribution >= 4 is 43.3 Å². The molecule has 1 unspecified atom stereocenters. The summed E-state index contributed by atoms with van der Waals surface area (Å²) in [5, 5.41) is 0.851. The highest BCUT2D eigenvalue weighted by atomic mass is 32.2. The number of benzene rings is 3. The fraction of sp³-hybridized carbons (Fsp3) is 0.323. The normalized spacial score (nSPS) is 14.7. The third-order valence-corrected chi connectivity index (χ3v) is 8.84. The van der Waals surface area contributed by atoms with Crippen molar-refractivity contribution in [3.8, 4) is 23.0 Å². The molecule has 0 bridgehead atoms. The minimum Gasteiger partial charge on any atom is -0.493 e. The SMILES string of the molecule is COC(=O)N1CC(OS(C)(=O)=O)Cc2c1cc(OCc1ccccc1)c1sc(Cc3cc(OC)c(OC)c(OC)c3)cc21. The number of hydrogen-bond donors (Lipinski definition) is 0. The summed E-state index contributed by atoms with van der Waals surface area (Å²) < 4.78 is 58.3. The second-order valence-corrected chi connectivity index (χ2v) is 12.8. The summed E-state index contributed by atoms with van der Waals surface area (Å²) in [7, 11) is 2.22. The van der Waals surface area contributed by atoms with Gasteiger partial charge in [-0.05, 0) is 34.9 Å². The molecule has 1 aromatic heterocycles. The van der Waals surface area contributed by atoms with Crippen LogP contribution in [0.5, 0.6) is 23.0 Å². The molecule has 43 heavy (non-hydrogen) atoms. The molecule has 2 heterocycles. The Morgan fingerprint density at radius 2 is 1.63 bits per heavy atom. The number of carbonyl (C=O) groups excluding carboxylic acids is 1. The van der Waals surface area contributed by atoms with Crippen molar-refractivity contribution in [3.63, 3.8) is 0 Å². The molecule has 0 spiro atoms. The standard InChI is InChI=1S/C31H33NO9S2/c1-36-26-12-20(13-27(37-2)29(26)38-3)11-22-15-24-23-14-21(41-43(5,34)35)17-32(31(33)39-4)25(23)16-28(30(24)42-22)40-18-19-9-7-6-8-10-19/h6-10,12-13,15-16,21H,11,14,17-18H2,1-5H3. The molecule has 1 atom stereocenters. The van der Waals surface area contributed by atoms with Gasteiger partial charge in [0.05, 0.1) is 57.7 Å². The van der Waals surface area contributed by atoms with Crippen molar-refractivity contribution in [2.24, 2.45) is 0 Å². The van der Waals surface area contributed by atoms with Crippen LogP contribution in [0, 0.1) is 0 Å². The van der Waals surface area contributed by atoms with E-state index in [1.165, 1.54) is 12.0 Å². The van der Waals surface area contributed by atoms with E-state index in [1.807, 2.05) is 48.5 Å². The van der Waals surface area contributed by atoms with Crippen LogP contribution in [-0.2, 0) is 38.5 Å². The van der Waals surface area contributed by atoms with Crippen molar-refractivity contribution < 1.29 is 41.1 Å². The number of rotatable bonds is 10. The molecular formula is C31H33NO9S2. The lowest BCUT2D eigenvalue weighted by Crippen LogP contribution is -2.44. The van der Waals surface area contributed by atoms with Crippen molar-refractivity contribution in [2.75, 3.05) is 46.1 Å². The molecule has 0 N–H and O–H groups in total. The van der Waals surface area contributed by atoms with E-state index in [4.69, 9.17) is 27.9 Å². The lowest BCUT2D eigenvalue weighted by Gasteiger charge is -2.33. The van der Waals surface area contributed by atoms with Gasteiger partial charge < -0.3 is 23.7 Å². The quantitative estimate of drug-likeness (QED) is 0.209. The average molecular weight is 628 g/mol. The van der Waals surface area contributed by atoms with E-state index < -0.39 is 22.3 Å². The van der Waals surface area contributed by atoms with Crippen molar-refractivity contribution in [1.29, 1.82) is 0 Å². The summed E-state index contributed by atoms with van der Waals surface area (Å²) >= 11 is 1.56. The molecule has 1 aliphatic heterocycles. The number of methoxy groups -OCH3 is 4. The number of thiophene rings is 1. The van der Waals surface area contributed by atoms with E-state index in [0.717, 1.165) is 37.9 Å². The molecule has 10 nitrogen and oxygen atoms in total. The van der Waals surface area contributed by atoms with Crippen LogP contribution in [0.4, 0.5) is 10.5 Å².